The summed E-state index contributed by atoms with van der Waals surface area (Å²) >= 11 is 0. The van der Waals surface area contributed by atoms with Gasteiger partial charge in [-0.05, 0) is 23.7 Å². The van der Waals surface area contributed by atoms with E-state index in [1.54, 1.807) is 0 Å². The summed E-state index contributed by atoms with van der Waals surface area (Å²) in [6.07, 6.45) is 1.42. The lowest BCUT2D eigenvalue weighted by Crippen LogP contribution is -2.49. The molecule has 1 saturated carbocycles. The molecule has 17 heavy (non-hydrogen) atoms. The minimum absolute atomic E-state index is 0.0209. The van der Waals surface area contributed by atoms with Gasteiger partial charge in [-0.2, -0.15) is 0 Å². The molecule has 0 aromatic carbocycles. The van der Waals surface area contributed by atoms with Crippen LogP contribution in [0.2, 0.25) is 0 Å². The molecule has 0 bridgehead atoms. The van der Waals surface area contributed by atoms with E-state index in [4.69, 9.17) is 0 Å². The Morgan fingerprint density at radius 3 is 2.18 bits per heavy atom. The topological polar surface area (TPSA) is 37.3 Å². The first-order chi connectivity index (χ1) is 7.82. The van der Waals surface area contributed by atoms with Gasteiger partial charge in [-0.15, -0.1) is 6.58 Å². The molecule has 0 unspecified atom stereocenters. The standard InChI is InChI=1S/C15H26O2/c1-7-12-9(4)10(5)15(17)13(11(12)6)14(16)8(2)3/h7-14,16H,1H2,2-6H3/t9-,10-,11+,12+,13+,14-/m0/s1. The van der Waals surface area contributed by atoms with Crippen molar-refractivity contribution in [2.75, 3.05) is 0 Å². The van der Waals surface area contributed by atoms with Crippen LogP contribution >= 0.6 is 0 Å². The Hall–Kier alpha value is -0.630. The maximum absolute atomic E-state index is 12.4. The second-order valence-electron chi connectivity index (χ2n) is 5.98. The average Bonchev–Trinajstić information content (AvgIpc) is 2.27. The van der Waals surface area contributed by atoms with Crippen LogP contribution < -0.4 is 0 Å². The molecule has 1 N–H and O–H groups in total. The predicted octanol–water partition coefficient (Wildman–Crippen LogP) is 2.91. The van der Waals surface area contributed by atoms with Crippen LogP contribution in [0.15, 0.2) is 12.7 Å². The number of ketones is 1. The summed E-state index contributed by atoms with van der Waals surface area (Å²) in [5.74, 6) is 0.967. The third kappa shape index (κ3) is 2.47. The van der Waals surface area contributed by atoms with Crippen LogP contribution in [-0.2, 0) is 4.79 Å². The summed E-state index contributed by atoms with van der Waals surface area (Å²) < 4.78 is 0. The van der Waals surface area contributed by atoms with Gasteiger partial charge in [0.05, 0.1) is 6.10 Å². The molecule has 2 nitrogen and oxygen atoms in total. The normalized spacial score (nSPS) is 40.4. The molecular weight excluding hydrogens is 212 g/mol. The number of aliphatic hydroxyl groups is 1. The minimum Gasteiger partial charge on any atom is -0.392 e. The number of Topliss-reactive ketones (excluding diaryl/α,β-unsaturated/α-hetero) is 1. The van der Waals surface area contributed by atoms with Gasteiger partial charge in [0.25, 0.3) is 0 Å². The number of carbonyl (C=O) groups is 1. The van der Waals surface area contributed by atoms with Gasteiger partial charge in [0, 0.05) is 11.8 Å². The zero-order valence-corrected chi connectivity index (χ0v) is 11.7. The van der Waals surface area contributed by atoms with Gasteiger partial charge in [-0.1, -0.05) is 40.7 Å². The Balaban J connectivity index is 3.03. The molecule has 0 saturated heterocycles. The SMILES string of the molecule is C=C[C@H]1[C@@H](C)[C@H]([C@@H](O)C(C)C)C(=O)[C@@H](C)[C@@H]1C. The number of aliphatic hydroxyl groups excluding tert-OH is 1. The fraction of sp³-hybridized carbons (Fsp3) is 0.800. The maximum atomic E-state index is 12.4. The highest BCUT2D eigenvalue weighted by atomic mass is 16.3. The summed E-state index contributed by atoms with van der Waals surface area (Å²) in [4.78, 5) is 12.4. The molecule has 1 aliphatic carbocycles. The summed E-state index contributed by atoms with van der Waals surface area (Å²) in [6, 6.07) is 0. The van der Waals surface area contributed by atoms with Gasteiger partial charge >= 0.3 is 0 Å². The number of rotatable bonds is 3. The molecule has 1 fully saturated rings. The van der Waals surface area contributed by atoms with Crippen LogP contribution in [0, 0.1) is 35.5 Å². The number of carbonyl (C=O) groups excluding carboxylic acids is 1. The highest BCUT2D eigenvalue weighted by Crippen LogP contribution is 2.42. The van der Waals surface area contributed by atoms with E-state index < -0.39 is 6.10 Å². The second-order valence-corrected chi connectivity index (χ2v) is 5.98. The molecule has 0 aliphatic heterocycles. The summed E-state index contributed by atoms with van der Waals surface area (Å²) in [6.45, 7) is 14.0. The number of allylic oxidation sites excluding steroid dienone is 1. The van der Waals surface area contributed by atoms with Crippen molar-refractivity contribution in [1.82, 2.24) is 0 Å². The van der Waals surface area contributed by atoms with E-state index in [0.717, 1.165) is 0 Å². The van der Waals surface area contributed by atoms with Gasteiger partial charge < -0.3 is 5.11 Å². The summed E-state index contributed by atoms with van der Waals surface area (Å²) in [5, 5.41) is 10.3. The molecule has 0 aromatic rings. The third-order valence-electron chi connectivity index (χ3n) is 4.67. The Morgan fingerprint density at radius 2 is 1.76 bits per heavy atom. The van der Waals surface area contributed by atoms with Crippen LogP contribution in [-0.4, -0.2) is 17.0 Å². The molecule has 98 valence electrons. The van der Waals surface area contributed by atoms with Crippen LogP contribution in [0.3, 0.4) is 0 Å². The molecule has 2 heteroatoms. The average molecular weight is 238 g/mol. The zero-order valence-electron chi connectivity index (χ0n) is 11.7. The first-order valence-corrected chi connectivity index (χ1v) is 6.67. The molecule has 1 aliphatic rings. The van der Waals surface area contributed by atoms with Gasteiger partial charge in [0.2, 0.25) is 0 Å². The van der Waals surface area contributed by atoms with Crippen molar-refractivity contribution in [3.63, 3.8) is 0 Å². The Kier molecular flexibility index (Phi) is 4.54. The number of hydrogen-bond acceptors (Lipinski definition) is 2. The van der Waals surface area contributed by atoms with Gasteiger partial charge in [0.15, 0.2) is 0 Å². The van der Waals surface area contributed by atoms with Crippen molar-refractivity contribution < 1.29 is 9.90 Å². The molecule has 0 amide bonds. The van der Waals surface area contributed by atoms with E-state index in [0.29, 0.717) is 11.8 Å². The van der Waals surface area contributed by atoms with Crippen LogP contribution in [0.4, 0.5) is 0 Å². The molecule has 1 rings (SSSR count). The van der Waals surface area contributed by atoms with Crippen LogP contribution in [0.25, 0.3) is 0 Å². The molecule has 0 aromatic heterocycles. The second kappa shape index (κ2) is 5.34. The molecule has 0 radical (unpaired) electrons. The molecule has 0 heterocycles. The monoisotopic (exact) mass is 238 g/mol. The quantitative estimate of drug-likeness (QED) is 0.768. The van der Waals surface area contributed by atoms with Crippen molar-refractivity contribution in [3.8, 4) is 0 Å². The van der Waals surface area contributed by atoms with Crippen molar-refractivity contribution in [3.05, 3.63) is 12.7 Å². The van der Waals surface area contributed by atoms with E-state index in [2.05, 4.69) is 20.4 Å². The first-order valence-electron chi connectivity index (χ1n) is 6.67. The van der Waals surface area contributed by atoms with Gasteiger partial charge in [0.1, 0.15) is 5.78 Å². The van der Waals surface area contributed by atoms with Crippen molar-refractivity contribution in [1.29, 1.82) is 0 Å². The minimum atomic E-state index is -0.533. The molecule has 0 spiro atoms. The largest absolute Gasteiger partial charge is 0.392 e. The van der Waals surface area contributed by atoms with E-state index in [9.17, 15) is 9.90 Å². The molecular formula is C15H26O2. The highest BCUT2D eigenvalue weighted by Gasteiger charge is 2.46. The third-order valence-corrected chi connectivity index (χ3v) is 4.67. The molecule has 6 atom stereocenters. The van der Waals surface area contributed by atoms with Gasteiger partial charge in [-0.3, -0.25) is 4.79 Å². The Morgan fingerprint density at radius 1 is 1.24 bits per heavy atom. The summed E-state index contributed by atoms with van der Waals surface area (Å²) in [5.41, 5.74) is 0. The van der Waals surface area contributed by atoms with E-state index in [-0.39, 0.29) is 29.5 Å². The van der Waals surface area contributed by atoms with E-state index in [1.807, 2.05) is 26.8 Å². The fourth-order valence-corrected chi connectivity index (χ4v) is 3.20. The first kappa shape index (κ1) is 14.4. The Labute approximate surface area is 105 Å². The fourth-order valence-electron chi connectivity index (χ4n) is 3.20. The van der Waals surface area contributed by atoms with E-state index in [1.165, 1.54) is 0 Å². The predicted molar refractivity (Wildman–Crippen MR) is 70.5 cm³/mol. The Bertz CT molecular complexity index is 295. The van der Waals surface area contributed by atoms with Crippen molar-refractivity contribution in [2.24, 2.45) is 35.5 Å². The lowest BCUT2D eigenvalue weighted by molar-refractivity contribution is -0.142. The van der Waals surface area contributed by atoms with Gasteiger partial charge in [-0.25, -0.2) is 0 Å². The summed E-state index contributed by atoms with van der Waals surface area (Å²) in [7, 11) is 0. The van der Waals surface area contributed by atoms with Crippen LogP contribution in [0.1, 0.15) is 34.6 Å². The maximum Gasteiger partial charge on any atom is 0.141 e. The van der Waals surface area contributed by atoms with E-state index >= 15 is 0 Å². The lowest BCUT2D eigenvalue weighted by Gasteiger charge is -2.44. The smallest absolute Gasteiger partial charge is 0.141 e. The number of hydrogen-bond donors (Lipinski definition) is 1. The van der Waals surface area contributed by atoms with Crippen molar-refractivity contribution >= 4 is 5.78 Å². The van der Waals surface area contributed by atoms with Crippen molar-refractivity contribution in [2.45, 2.75) is 40.7 Å². The lowest BCUT2D eigenvalue weighted by atomic mass is 9.60. The highest BCUT2D eigenvalue weighted by molar-refractivity contribution is 5.85. The zero-order chi connectivity index (χ0) is 13.3. The van der Waals surface area contributed by atoms with Crippen LogP contribution in [0.5, 0.6) is 0 Å².